The summed E-state index contributed by atoms with van der Waals surface area (Å²) in [5.41, 5.74) is 0. The number of nitrogens with one attached hydrogen (secondary N) is 2. The molecule has 1 saturated heterocycles. The van der Waals surface area contributed by atoms with Gasteiger partial charge in [-0.3, -0.25) is 4.90 Å². The lowest BCUT2D eigenvalue weighted by Crippen LogP contribution is -2.41. The minimum Gasteiger partial charge on any atom is -0.488 e. The summed E-state index contributed by atoms with van der Waals surface area (Å²) in [4.78, 5) is 5.97. The molecule has 0 radical (unpaired) electrons. The van der Waals surface area contributed by atoms with Gasteiger partial charge in [-0.25, -0.2) is 9.38 Å². The summed E-state index contributed by atoms with van der Waals surface area (Å²) < 4.78 is 56.7. The van der Waals surface area contributed by atoms with Crippen LogP contribution in [0.5, 0.6) is 5.75 Å². The molecule has 1 aliphatic rings. The highest BCUT2D eigenvalue weighted by Gasteiger charge is 2.34. The number of hydrogen-bond acceptors (Lipinski definition) is 3. The molecule has 1 aliphatic heterocycles. The van der Waals surface area contributed by atoms with Gasteiger partial charge in [-0.15, -0.1) is 24.0 Å². The summed E-state index contributed by atoms with van der Waals surface area (Å²) in [6.45, 7) is 5.54. The Bertz CT molecular complexity index is 660. The molecule has 1 aromatic carbocycles. The van der Waals surface area contributed by atoms with Gasteiger partial charge in [0.25, 0.3) is 0 Å². The van der Waals surface area contributed by atoms with Crippen molar-refractivity contribution in [2.75, 3.05) is 39.3 Å². The molecule has 2 rings (SSSR count). The molecule has 2 N–H and O–H groups in total. The number of nitrogens with zero attached hydrogens (tertiary/aromatic N) is 2. The average Bonchev–Trinajstić information content (AvgIpc) is 3.08. The second kappa shape index (κ2) is 13.2. The smallest absolute Gasteiger partial charge is 0.401 e. The fourth-order valence-electron chi connectivity index (χ4n) is 3.23. The van der Waals surface area contributed by atoms with E-state index in [2.05, 4.69) is 15.6 Å². The van der Waals surface area contributed by atoms with Gasteiger partial charge in [-0.1, -0.05) is 13.0 Å². The van der Waals surface area contributed by atoms with Crippen molar-refractivity contribution in [3.63, 3.8) is 0 Å². The van der Waals surface area contributed by atoms with Crippen molar-refractivity contribution in [3.8, 4) is 5.75 Å². The number of guanidine groups is 1. The molecule has 10 heteroatoms. The summed E-state index contributed by atoms with van der Waals surface area (Å²) in [6.07, 6.45) is -2.94. The summed E-state index contributed by atoms with van der Waals surface area (Å²) in [6, 6.07) is 5.99. The Kier molecular flexibility index (Phi) is 11.7. The summed E-state index contributed by atoms with van der Waals surface area (Å²) in [7, 11) is 0. The van der Waals surface area contributed by atoms with Crippen molar-refractivity contribution in [1.29, 1.82) is 0 Å². The Morgan fingerprint density at radius 3 is 2.70 bits per heavy atom. The van der Waals surface area contributed by atoms with E-state index < -0.39 is 12.7 Å². The quantitative estimate of drug-likeness (QED) is 0.213. The minimum atomic E-state index is -4.16. The lowest BCUT2D eigenvalue weighted by Gasteiger charge is -2.19. The number of alkyl halides is 3. The molecule has 0 aromatic heterocycles. The van der Waals surface area contributed by atoms with Crippen LogP contribution in [-0.4, -0.2) is 62.4 Å². The zero-order chi connectivity index (χ0) is 21.3. The van der Waals surface area contributed by atoms with Crippen molar-refractivity contribution in [2.45, 2.75) is 39.0 Å². The molecule has 30 heavy (non-hydrogen) atoms. The second-order valence-electron chi connectivity index (χ2n) is 7.21. The Labute approximate surface area is 192 Å². The standard InChI is InChI=1S/C20H30F4N4O.HI/c1-3-17(29-18-7-5-6-16(21)10-18)12-27-19(25-4-2)26-11-15-8-9-28(13-15)14-20(22,23)24;/h5-7,10,15,17H,3-4,8-9,11-14H2,1-2H3,(H2,25,26,27);1H. The van der Waals surface area contributed by atoms with Crippen molar-refractivity contribution in [2.24, 2.45) is 10.9 Å². The number of halogens is 5. The van der Waals surface area contributed by atoms with Gasteiger partial charge >= 0.3 is 6.18 Å². The van der Waals surface area contributed by atoms with E-state index >= 15 is 0 Å². The van der Waals surface area contributed by atoms with E-state index in [1.54, 1.807) is 12.1 Å². The van der Waals surface area contributed by atoms with Gasteiger partial charge in [0, 0.05) is 25.7 Å². The fourth-order valence-corrected chi connectivity index (χ4v) is 3.23. The molecule has 0 aliphatic carbocycles. The van der Waals surface area contributed by atoms with Crippen molar-refractivity contribution >= 4 is 29.9 Å². The van der Waals surface area contributed by atoms with Gasteiger partial charge in [0.05, 0.1) is 13.1 Å². The first kappa shape index (κ1) is 26.7. The number of hydrogen-bond donors (Lipinski definition) is 2. The van der Waals surface area contributed by atoms with E-state index in [0.29, 0.717) is 50.9 Å². The Hall–Kier alpha value is -1.30. The topological polar surface area (TPSA) is 48.9 Å². The number of ether oxygens (including phenoxy) is 1. The van der Waals surface area contributed by atoms with Crippen LogP contribution in [0.15, 0.2) is 29.3 Å². The van der Waals surface area contributed by atoms with Gasteiger partial charge in [0.15, 0.2) is 5.96 Å². The lowest BCUT2D eigenvalue weighted by atomic mass is 10.1. The van der Waals surface area contributed by atoms with Gasteiger partial charge in [-0.05, 0) is 44.4 Å². The van der Waals surface area contributed by atoms with Crippen molar-refractivity contribution in [3.05, 3.63) is 30.1 Å². The highest BCUT2D eigenvalue weighted by Crippen LogP contribution is 2.22. The van der Waals surface area contributed by atoms with Gasteiger partial charge in [0.1, 0.15) is 17.7 Å². The Morgan fingerprint density at radius 1 is 1.30 bits per heavy atom. The third-order valence-corrected chi connectivity index (χ3v) is 4.68. The number of likely N-dealkylation sites (tertiary alicyclic amines) is 1. The molecule has 2 unspecified atom stereocenters. The maximum atomic E-state index is 13.3. The van der Waals surface area contributed by atoms with E-state index in [1.807, 2.05) is 13.8 Å². The van der Waals surface area contributed by atoms with E-state index in [9.17, 15) is 17.6 Å². The summed E-state index contributed by atoms with van der Waals surface area (Å²) in [5, 5.41) is 6.35. The normalized spacial score (nSPS) is 18.6. The van der Waals surface area contributed by atoms with Gasteiger partial charge < -0.3 is 15.4 Å². The van der Waals surface area contributed by atoms with E-state index in [0.717, 1.165) is 6.42 Å². The molecule has 0 bridgehead atoms. The molecule has 1 aromatic rings. The average molecular weight is 546 g/mol. The van der Waals surface area contributed by atoms with Gasteiger partial charge in [-0.2, -0.15) is 13.2 Å². The maximum Gasteiger partial charge on any atom is 0.401 e. The van der Waals surface area contributed by atoms with Crippen molar-refractivity contribution < 1.29 is 22.3 Å². The van der Waals surface area contributed by atoms with Crippen LogP contribution in [0.3, 0.4) is 0 Å². The second-order valence-corrected chi connectivity index (χ2v) is 7.21. The maximum absolute atomic E-state index is 13.3. The highest BCUT2D eigenvalue weighted by molar-refractivity contribution is 14.0. The third-order valence-electron chi connectivity index (χ3n) is 4.68. The minimum absolute atomic E-state index is 0. The van der Waals surface area contributed by atoms with Crippen LogP contribution in [-0.2, 0) is 0 Å². The molecule has 1 heterocycles. The summed E-state index contributed by atoms with van der Waals surface area (Å²) in [5.74, 6) is 0.850. The van der Waals surface area contributed by atoms with Gasteiger partial charge in [0.2, 0.25) is 0 Å². The zero-order valence-corrected chi connectivity index (χ0v) is 19.7. The number of rotatable bonds is 9. The molecule has 0 saturated carbocycles. The van der Waals surface area contributed by atoms with Crippen LogP contribution < -0.4 is 15.4 Å². The van der Waals surface area contributed by atoms with Crippen LogP contribution in [0.1, 0.15) is 26.7 Å². The van der Waals surface area contributed by atoms with Crippen LogP contribution in [0, 0.1) is 11.7 Å². The SMILES string of the molecule is CCNC(=NCC(CC)Oc1cccc(F)c1)NCC1CCN(CC(F)(F)F)C1.I. The molecule has 0 amide bonds. The molecule has 1 fully saturated rings. The lowest BCUT2D eigenvalue weighted by molar-refractivity contribution is -0.143. The monoisotopic (exact) mass is 546 g/mol. The number of benzene rings is 1. The van der Waals surface area contributed by atoms with Crippen LogP contribution in [0.4, 0.5) is 17.6 Å². The first-order valence-corrected chi connectivity index (χ1v) is 10.0. The van der Waals surface area contributed by atoms with E-state index in [-0.39, 0.29) is 41.8 Å². The predicted molar refractivity (Wildman–Crippen MR) is 121 cm³/mol. The largest absolute Gasteiger partial charge is 0.488 e. The van der Waals surface area contributed by atoms with Crippen LogP contribution >= 0.6 is 24.0 Å². The predicted octanol–water partition coefficient (Wildman–Crippen LogP) is 4.04. The Balaban J connectivity index is 0.00000450. The summed E-state index contributed by atoms with van der Waals surface area (Å²) >= 11 is 0. The molecule has 172 valence electrons. The molecular weight excluding hydrogens is 515 g/mol. The molecule has 0 spiro atoms. The number of aliphatic imine (C=N–C) groups is 1. The highest BCUT2D eigenvalue weighted by atomic mass is 127. The van der Waals surface area contributed by atoms with Crippen molar-refractivity contribution in [1.82, 2.24) is 15.5 Å². The third kappa shape index (κ3) is 10.1. The Morgan fingerprint density at radius 2 is 2.07 bits per heavy atom. The first-order chi connectivity index (χ1) is 13.8. The fraction of sp³-hybridized carbons (Fsp3) is 0.650. The van der Waals surface area contributed by atoms with E-state index in [4.69, 9.17) is 4.74 Å². The molecule has 2 atom stereocenters. The first-order valence-electron chi connectivity index (χ1n) is 10.0. The van der Waals surface area contributed by atoms with E-state index in [1.165, 1.54) is 17.0 Å². The van der Waals surface area contributed by atoms with Crippen LogP contribution in [0.2, 0.25) is 0 Å². The molecular formula is C20H31F4IN4O. The molecule has 5 nitrogen and oxygen atoms in total. The van der Waals surface area contributed by atoms with Crippen LogP contribution in [0.25, 0.3) is 0 Å². The zero-order valence-electron chi connectivity index (χ0n) is 17.3.